The van der Waals surface area contributed by atoms with Crippen LogP contribution in [0.3, 0.4) is 0 Å². The van der Waals surface area contributed by atoms with Gasteiger partial charge in [-0.1, -0.05) is 0 Å². The molecule has 1 aromatic carbocycles. The van der Waals surface area contributed by atoms with Crippen molar-refractivity contribution in [3.63, 3.8) is 0 Å². The molecule has 0 spiro atoms. The van der Waals surface area contributed by atoms with Crippen molar-refractivity contribution in [3.8, 4) is 0 Å². The summed E-state index contributed by atoms with van der Waals surface area (Å²) in [6.45, 7) is 13.9. The van der Waals surface area contributed by atoms with Gasteiger partial charge in [-0.2, -0.15) is 5.10 Å². The summed E-state index contributed by atoms with van der Waals surface area (Å²) in [5.74, 6) is -0.896. The Kier molecular flexibility index (Phi) is 7.16. The maximum absolute atomic E-state index is 14.6. The van der Waals surface area contributed by atoms with Crippen molar-refractivity contribution >= 4 is 39.9 Å². The van der Waals surface area contributed by atoms with Gasteiger partial charge in [0.15, 0.2) is 11.5 Å². The van der Waals surface area contributed by atoms with E-state index in [-0.39, 0.29) is 23.7 Å². The highest BCUT2D eigenvalue weighted by atomic mass is 19.1. The van der Waals surface area contributed by atoms with E-state index in [4.69, 9.17) is 9.84 Å². The van der Waals surface area contributed by atoms with Crippen molar-refractivity contribution in [2.24, 2.45) is 0 Å². The van der Waals surface area contributed by atoms with Gasteiger partial charge >= 0.3 is 6.09 Å². The van der Waals surface area contributed by atoms with Crippen LogP contribution in [0.25, 0.3) is 16.6 Å². The summed E-state index contributed by atoms with van der Waals surface area (Å²) in [4.78, 5) is 34.4. The topological polar surface area (TPSA) is 97.0 Å². The van der Waals surface area contributed by atoms with Gasteiger partial charge in [0.05, 0.1) is 23.0 Å². The van der Waals surface area contributed by atoms with Crippen LogP contribution in [-0.2, 0) is 11.3 Å². The highest BCUT2D eigenvalue weighted by Crippen LogP contribution is 2.33. The minimum Gasteiger partial charge on any atom is -0.444 e. The molecule has 1 fully saturated rings. The molecule has 0 saturated carbocycles. The SMILES string of the molecule is CCN(C(=O)OC(C)(C)C)C1CCN(c2ccc(C(=O)Nc3cc(F)c4nc(C)cn4c3)c3nn(CC)cc23)C1. The van der Waals surface area contributed by atoms with E-state index in [2.05, 4.69) is 15.2 Å². The maximum atomic E-state index is 14.6. The summed E-state index contributed by atoms with van der Waals surface area (Å²) in [6, 6.07) is 4.96. The van der Waals surface area contributed by atoms with E-state index in [1.807, 2.05) is 46.9 Å². The number of carbonyl (C=O) groups excluding carboxylic acids is 2. The Hall–Kier alpha value is -4.15. The zero-order valence-corrected chi connectivity index (χ0v) is 23.9. The second-order valence-corrected chi connectivity index (χ2v) is 11.2. The van der Waals surface area contributed by atoms with Crippen molar-refractivity contribution in [2.75, 3.05) is 29.9 Å². The molecule has 1 N–H and O–H groups in total. The Morgan fingerprint density at radius 2 is 1.98 bits per heavy atom. The van der Waals surface area contributed by atoms with E-state index >= 15 is 0 Å². The molecule has 2 amide bonds. The van der Waals surface area contributed by atoms with Crippen LogP contribution in [0.2, 0.25) is 0 Å². The zero-order valence-electron chi connectivity index (χ0n) is 23.9. The van der Waals surface area contributed by atoms with E-state index in [9.17, 15) is 14.0 Å². The third-order valence-electron chi connectivity index (χ3n) is 7.07. The number of amides is 2. The van der Waals surface area contributed by atoms with E-state index in [1.54, 1.807) is 39.4 Å². The first-order valence-corrected chi connectivity index (χ1v) is 13.7. The molecule has 40 heavy (non-hydrogen) atoms. The molecule has 0 aliphatic carbocycles. The summed E-state index contributed by atoms with van der Waals surface area (Å²) in [7, 11) is 0. The van der Waals surface area contributed by atoms with Crippen molar-refractivity contribution < 1.29 is 18.7 Å². The number of hydrogen-bond donors (Lipinski definition) is 1. The third-order valence-corrected chi connectivity index (χ3v) is 7.07. The van der Waals surface area contributed by atoms with E-state index < -0.39 is 11.4 Å². The number of anilines is 2. The number of fused-ring (bicyclic) bond motifs is 2. The van der Waals surface area contributed by atoms with E-state index in [1.165, 1.54) is 6.07 Å². The number of rotatable bonds is 6. The minimum absolute atomic E-state index is 0.00993. The number of pyridine rings is 1. The highest BCUT2D eigenvalue weighted by molar-refractivity contribution is 6.14. The van der Waals surface area contributed by atoms with E-state index in [0.29, 0.717) is 42.1 Å². The van der Waals surface area contributed by atoms with Crippen LogP contribution in [0, 0.1) is 12.7 Å². The van der Waals surface area contributed by atoms with Crippen LogP contribution in [0.4, 0.5) is 20.6 Å². The molecule has 5 rings (SSSR count). The number of hydrogen-bond acceptors (Lipinski definition) is 6. The first-order chi connectivity index (χ1) is 19.0. The number of likely N-dealkylation sites (N-methyl/N-ethyl adjacent to an activating group) is 1. The van der Waals surface area contributed by atoms with Gasteiger partial charge in [0.25, 0.3) is 5.91 Å². The smallest absolute Gasteiger partial charge is 0.410 e. The quantitative estimate of drug-likeness (QED) is 0.353. The number of carbonyl (C=O) groups is 2. The van der Waals surface area contributed by atoms with Crippen molar-refractivity contribution in [1.29, 1.82) is 0 Å². The molecule has 0 radical (unpaired) electrons. The number of nitrogens with zero attached hydrogens (tertiary/aromatic N) is 6. The Morgan fingerprint density at radius 1 is 1.20 bits per heavy atom. The molecule has 212 valence electrons. The van der Waals surface area contributed by atoms with Gasteiger partial charge in [0.2, 0.25) is 0 Å². The fourth-order valence-corrected chi connectivity index (χ4v) is 5.28. The highest BCUT2D eigenvalue weighted by Gasteiger charge is 2.33. The first kappa shape index (κ1) is 27.4. The Balaban J connectivity index is 1.41. The number of ether oxygens (including phenoxy) is 1. The van der Waals surface area contributed by atoms with Crippen molar-refractivity contribution in [1.82, 2.24) is 24.1 Å². The van der Waals surface area contributed by atoms with Gasteiger partial charge in [-0.15, -0.1) is 0 Å². The minimum atomic E-state index is -0.560. The zero-order chi connectivity index (χ0) is 28.8. The van der Waals surface area contributed by atoms with Crippen LogP contribution in [0.15, 0.2) is 36.8 Å². The fourth-order valence-electron chi connectivity index (χ4n) is 5.28. The number of aryl methyl sites for hydroxylation is 2. The second kappa shape index (κ2) is 10.4. The van der Waals surface area contributed by atoms with E-state index in [0.717, 1.165) is 24.0 Å². The Labute approximate surface area is 232 Å². The number of halogens is 1. The average Bonchev–Trinajstić information content (AvgIpc) is 3.61. The Morgan fingerprint density at radius 3 is 2.67 bits per heavy atom. The molecule has 1 saturated heterocycles. The average molecular weight is 550 g/mol. The lowest BCUT2D eigenvalue weighted by molar-refractivity contribution is 0.0191. The lowest BCUT2D eigenvalue weighted by Crippen LogP contribution is -2.44. The van der Waals surface area contributed by atoms with Crippen LogP contribution in [-0.4, -0.2) is 67.3 Å². The van der Waals surface area contributed by atoms with Crippen LogP contribution >= 0.6 is 0 Å². The van der Waals surface area contributed by atoms with Crippen LogP contribution in [0.5, 0.6) is 0 Å². The Bertz CT molecular complexity index is 1590. The van der Waals surface area contributed by atoms with Gasteiger partial charge < -0.3 is 24.3 Å². The van der Waals surface area contributed by atoms with Gasteiger partial charge in [-0.05, 0) is 60.1 Å². The summed E-state index contributed by atoms with van der Waals surface area (Å²) in [5.41, 5.74) is 2.57. The van der Waals surface area contributed by atoms with Gasteiger partial charge in [-0.25, -0.2) is 14.2 Å². The normalized spacial score (nSPS) is 15.7. The summed E-state index contributed by atoms with van der Waals surface area (Å²) in [5, 5.41) is 8.36. The van der Waals surface area contributed by atoms with Crippen molar-refractivity contribution in [2.45, 2.75) is 66.2 Å². The molecule has 11 heteroatoms. The second-order valence-electron chi connectivity index (χ2n) is 11.2. The molecule has 1 aliphatic heterocycles. The first-order valence-electron chi connectivity index (χ1n) is 13.7. The van der Waals surface area contributed by atoms with Crippen LogP contribution in [0.1, 0.15) is 57.1 Å². The van der Waals surface area contributed by atoms with Gasteiger partial charge in [0, 0.05) is 61.9 Å². The molecule has 0 bridgehead atoms. The standard InChI is InChI=1S/C29H36FN7O3/c1-7-36-17-22-24(34-12-11-20(16-34)37(8-2)28(39)40-29(4,5)6)10-9-21(25(22)33-36)27(38)32-19-13-23(30)26-31-18(3)14-35(26)15-19/h9-10,13-15,17,20H,7-8,11-12,16H2,1-6H3,(H,32,38). The van der Waals surface area contributed by atoms with Gasteiger partial charge in [0.1, 0.15) is 11.1 Å². The van der Waals surface area contributed by atoms with Crippen LogP contribution < -0.4 is 10.2 Å². The largest absolute Gasteiger partial charge is 0.444 e. The number of benzene rings is 1. The predicted octanol–water partition coefficient (Wildman–Crippen LogP) is 5.24. The summed E-state index contributed by atoms with van der Waals surface area (Å²) in [6.07, 6.45) is 5.79. The lowest BCUT2D eigenvalue weighted by Gasteiger charge is -2.31. The summed E-state index contributed by atoms with van der Waals surface area (Å²) < 4.78 is 23.6. The summed E-state index contributed by atoms with van der Waals surface area (Å²) >= 11 is 0. The third kappa shape index (κ3) is 5.32. The molecule has 1 unspecified atom stereocenters. The molecular weight excluding hydrogens is 513 g/mol. The number of imidazole rings is 1. The molecule has 1 aliphatic rings. The molecule has 1 atom stereocenters. The monoisotopic (exact) mass is 549 g/mol. The van der Waals surface area contributed by atoms with Crippen molar-refractivity contribution in [3.05, 3.63) is 53.9 Å². The fraction of sp³-hybridized carbons (Fsp3) is 0.448. The molecule has 10 nitrogen and oxygen atoms in total. The number of nitrogens with one attached hydrogen (secondary N) is 1. The molecule has 3 aromatic heterocycles. The molecule has 4 heterocycles. The molecular formula is C29H36FN7O3. The lowest BCUT2D eigenvalue weighted by atomic mass is 10.1. The predicted molar refractivity (Wildman–Crippen MR) is 152 cm³/mol. The molecule has 4 aromatic rings. The number of aromatic nitrogens is 4. The maximum Gasteiger partial charge on any atom is 0.410 e. The van der Waals surface area contributed by atoms with Gasteiger partial charge in [-0.3, -0.25) is 9.48 Å².